The van der Waals surface area contributed by atoms with E-state index in [0.29, 0.717) is 12.8 Å². The first-order valence-corrected chi connectivity index (χ1v) is 10.1. The van der Waals surface area contributed by atoms with E-state index in [1.165, 1.54) is 0 Å². The molecule has 3 atom stereocenters. The Balaban J connectivity index is 1.57. The van der Waals surface area contributed by atoms with Gasteiger partial charge < -0.3 is 19.8 Å². The van der Waals surface area contributed by atoms with E-state index in [2.05, 4.69) is 0 Å². The van der Waals surface area contributed by atoms with Gasteiger partial charge in [-0.1, -0.05) is 42.5 Å². The largest absolute Gasteiger partial charge is 0.508 e. The number of rotatable bonds is 7. The molecule has 5 nitrogen and oxygen atoms in total. The van der Waals surface area contributed by atoms with Crippen molar-refractivity contribution in [1.29, 1.82) is 0 Å². The fourth-order valence-electron chi connectivity index (χ4n) is 4.12. The monoisotopic (exact) mass is 403 g/mol. The van der Waals surface area contributed by atoms with Crippen molar-refractivity contribution >= 4 is 11.6 Å². The summed E-state index contributed by atoms with van der Waals surface area (Å²) in [4.78, 5) is 14.9. The number of aromatic hydroxyl groups is 1. The quantitative estimate of drug-likeness (QED) is 0.573. The SMILES string of the molecule is COc1ccc(N2C(=O)[C@H](c3ccc(O)cc3)[C@@H]2CC[C@@H](O)c2ccccc2)cc1. The van der Waals surface area contributed by atoms with Crippen LogP contribution >= 0.6 is 0 Å². The third kappa shape index (κ3) is 3.89. The average molecular weight is 403 g/mol. The van der Waals surface area contributed by atoms with Crippen LogP contribution < -0.4 is 9.64 Å². The molecule has 154 valence electrons. The van der Waals surface area contributed by atoms with Crippen molar-refractivity contribution in [2.45, 2.75) is 30.9 Å². The normalized spacial score (nSPS) is 19.3. The van der Waals surface area contributed by atoms with Gasteiger partial charge in [0.15, 0.2) is 0 Å². The molecular formula is C25H25NO4. The summed E-state index contributed by atoms with van der Waals surface area (Å²) in [5.74, 6) is 0.632. The lowest BCUT2D eigenvalue weighted by Crippen LogP contribution is -2.59. The number of hydrogen-bond acceptors (Lipinski definition) is 4. The predicted octanol–water partition coefficient (Wildman–Crippen LogP) is 4.41. The van der Waals surface area contributed by atoms with Gasteiger partial charge in [-0.05, 0) is 60.4 Å². The van der Waals surface area contributed by atoms with Gasteiger partial charge in [-0.2, -0.15) is 0 Å². The second-order valence-electron chi connectivity index (χ2n) is 7.55. The minimum Gasteiger partial charge on any atom is -0.508 e. The number of aliphatic hydroxyl groups is 1. The molecule has 3 aromatic rings. The fourth-order valence-corrected chi connectivity index (χ4v) is 4.12. The molecule has 5 heteroatoms. The van der Waals surface area contributed by atoms with E-state index in [-0.39, 0.29) is 23.6 Å². The lowest BCUT2D eigenvalue weighted by Gasteiger charge is -2.48. The smallest absolute Gasteiger partial charge is 0.236 e. The first-order valence-electron chi connectivity index (χ1n) is 10.1. The molecule has 3 aromatic carbocycles. The molecule has 2 N–H and O–H groups in total. The zero-order valence-corrected chi connectivity index (χ0v) is 16.8. The second kappa shape index (κ2) is 8.59. The summed E-state index contributed by atoms with van der Waals surface area (Å²) < 4.78 is 5.22. The number of β-lactam (4-membered cyclic amide) rings is 1. The number of methoxy groups -OCH3 is 1. The minimum absolute atomic E-state index is 0.0186. The average Bonchev–Trinajstić information content (AvgIpc) is 2.79. The van der Waals surface area contributed by atoms with E-state index in [9.17, 15) is 15.0 Å². The van der Waals surface area contributed by atoms with Gasteiger partial charge in [0.1, 0.15) is 11.5 Å². The Morgan fingerprint density at radius 1 is 0.967 bits per heavy atom. The molecule has 1 aliphatic heterocycles. The number of anilines is 1. The molecule has 0 saturated carbocycles. The Bertz CT molecular complexity index is 986. The van der Waals surface area contributed by atoms with Gasteiger partial charge in [-0.3, -0.25) is 4.79 Å². The van der Waals surface area contributed by atoms with Crippen LogP contribution in [0, 0.1) is 0 Å². The molecule has 0 bridgehead atoms. The standard InChI is InChI=1S/C25H25NO4/c1-30-21-13-9-19(10-14-21)26-22(15-16-23(28)17-5-3-2-4-6-17)24(25(26)29)18-7-11-20(27)12-8-18/h2-14,22-24,27-28H,15-16H2,1H3/t22-,23+,24+/m0/s1. The highest BCUT2D eigenvalue weighted by Gasteiger charge is 2.48. The summed E-state index contributed by atoms with van der Waals surface area (Å²) in [5.41, 5.74) is 2.57. The van der Waals surface area contributed by atoms with E-state index < -0.39 is 6.10 Å². The van der Waals surface area contributed by atoms with Crippen molar-refractivity contribution in [3.8, 4) is 11.5 Å². The first kappa shape index (κ1) is 20.0. The predicted molar refractivity (Wildman–Crippen MR) is 116 cm³/mol. The summed E-state index contributed by atoms with van der Waals surface area (Å²) >= 11 is 0. The van der Waals surface area contributed by atoms with E-state index in [1.54, 1.807) is 36.3 Å². The van der Waals surface area contributed by atoms with Crippen molar-refractivity contribution in [1.82, 2.24) is 0 Å². The topological polar surface area (TPSA) is 70.0 Å². The third-order valence-corrected chi connectivity index (χ3v) is 5.74. The van der Waals surface area contributed by atoms with Gasteiger partial charge in [-0.25, -0.2) is 0 Å². The van der Waals surface area contributed by atoms with Gasteiger partial charge in [0.25, 0.3) is 0 Å². The van der Waals surface area contributed by atoms with Gasteiger partial charge in [0.05, 0.1) is 25.2 Å². The number of phenols is 1. The summed E-state index contributed by atoms with van der Waals surface area (Å²) in [6.07, 6.45) is 0.614. The van der Waals surface area contributed by atoms with E-state index in [0.717, 1.165) is 22.6 Å². The number of ether oxygens (including phenoxy) is 1. The molecule has 0 aromatic heterocycles. The van der Waals surface area contributed by atoms with Crippen LogP contribution in [0.15, 0.2) is 78.9 Å². The number of benzene rings is 3. The molecule has 30 heavy (non-hydrogen) atoms. The number of phenolic OH excluding ortho intramolecular Hbond substituents is 1. The van der Waals surface area contributed by atoms with E-state index in [1.807, 2.05) is 54.6 Å². The Hall–Kier alpha value is -3.31. The Labute approximate surface area is 176 Å². The molecular weight excluding hydrogens is 378 g/mol. The molecule has 1 aliphatic rings. The van der Waals surface area contributed by atoms with Crippen molar-refractivity contribution in [3.05, 3.63) is 90.0 Å². The van der Waals surface area contributed by atoms with Crippen molar-refractivity contribution in [2.75, 3.05) is 12.0 Å². The van der Waals surface area contributed by atoms with Gasteiger partial charge in [0.2, 0.25) is 5.91 Å². The van der Waals surface area contributed by atoms with Crippen molar-refractivity contribution in [3.63, 3.8) is 0 Å². The van der Waals surface area contributed by atoms with Crippen molar-refractivity contribution in [2.24, 2.45) is 0 Å². The van der Waals surface area contributed by atoms with E-state index in [4.69, 9.17) is 4.74 Å². The number of nitrogens with zero attached hydrogens (tertiary/aromatic N) is 1. The zero-order valence-electron chi connectivity index (χ0n) is 16.8. The number of hydrogen-bond donors (Lipinski definition) is 2. The molecule has 1 saturated heterocycles. The minimum atomic E-state index is -0.583. The molecule has 0 aliphatic carbocycles. The molecule has 1 heterocycles. The zero-order chi connectivity index (χ0) is 21.1. The lowest BCUT2D eigenvalue weighted by atomic mass is 9.78. The number of aliphatic hydroxyl groups excluding tert-OH is 1. The summed E-state index contributed by atoms with van der Waals surface area (Å²) in [7, 11) is 1.61. The third-order valence-electron chi connectivity index (χ3n) is 5.74. The first-order chi connectivity index (χ1) is 14.6. The van der Waals surface area contributed by atoms with Crippen LogP contribution in [0.5, 0.6) is 11.5 Å². The van der Waals surface area contributed by atoms with Crippen LogP contribution in [0.4, 0.5) is 5.69 Å². The fraction of sp³-hybridized carbons (Fsp3) is 0.240. The molecule has 4 rings (SSSR count). The van der Waals surface area contributed by atoms with Crippen LogP contribution in [-0.4, -0.2) is 29.3 Å². The Morgan fingerprint density at radius 2 is 1.63 bits per heavy atom. The van der Waals surface area contributed by atoms with Crippen molar-refractivity contribution < 1.29 is 19.7 Å². The maximum Gasteiger partial charge on any atom is 0.236 e. The highest BCUT2D eigenvalue weighted by molar-refractivity contribution is 6.06. The molecule has 1 amide bonds. The lowest BCUT2D eigenvalue weighted by molar-refractivity contribution is -0.126. The summed E-state index contributed by atoms with van der Waals surface area (Å²) in [6, 6.07) is 23.7. The van der Waals surface area contributed by atoms with Gasteiger partial charge in [0, 0.05) is 5.69 Å². The highest BCUT2D eigenvalue weighted by Crippen LogP contribution is 2.43. The van der Waals surface area contributed by atoms with Crippen LogP contribution in [0.3, 0.4) is 0 Å². The molecule has 1 fully saturated rings. The number of carbonyl (C=O) groups is 1. The highest BCUT2D eigenvalue weighted by atomic mass is 16.5. The van der Waals surface area contributed by atoms with E-state index >= 15 is 0 Å². The molecule has 0 spiro atoms. The maximum atomic E-state index is 13.1. The summed E-state index contributed by atoms with van der Waals surface area (Å²) in [6.45, 7) is 0. The van der Waals surface area contributed by atoms with Crippen LogP contribution in [0.25, 0.3) is 0 Å². The van der Waals surface area contributed by atoms with Gasteiger partial charge >= 0.3 is 0 Å². The maximum absolute atomic E-state index is 13.1. The summed E-state index contributed by atoms with van der Waals surface area (Å²) in [5, 5.41) is 20.2. The van der Waals surface area contributed by atoms with Gasteiger partial charge in [-0.15, -0.1) is 0 Å². The molecule has 0 unspecified atom stereocenters. The van der Waals surface area contributed by atoms with Crippen LogP contribution in [0.2, 0.25) is 0 Å². The second-order valence-corrected chi connectivity index (χ2v) is 7.55. The number of amides is 1. The molecule has 0 radical (unpaired) electrons. The van der Waals surface area contributed by atoms with Crippen LogP contribution in [-0.2, 0) is 4.79 Å². The van der Waals surface area contributed by atoms with Crippen LogP contribution in [0.1, 0.15) is 36.0 Å². The number of carbonyl (C=O) groups excluding carboxylic acids is 1. The Morgan fingerprint density at radius 3 is 2.27 bits per heavy atom. The Kier molecular flexibility index (Phi) is 5.72.